The maximum absolute atomic E-state index is 5.02. The van der Waals surface area contributed by atoms with Crippen molar-refractivity contribution >= 4 is 0 Å². The Bertz CT molecular complexity index is 240. The third-order valence-corrected chi connectivity index (χ3v) is 1.48. The van der Waals surface area contributed by atoms with Crippen LogP contribution in [0.25, 0.3) is 0 Å². The van der Waals surface area contributed by atoms with E-state index in [0.717, 1.165) is 11.1 Å². The molecular formula is C10H11O. The van der Waals surface area contributed by atoms with Crippen LogP contribution in [-0.4, -0.2) is 0 Å². The first-order chi connectivity index (χ1) is 5.34. The highest BCUT2D eigenvalue weighted by Crippen LogP contribution is 2.07. The zero-order valence-electron chi connectivity index (χ0n) is 6.42. The van der Waals surface area contributed by atoms with Crippen molar-refractivity contribution in [1.82, 2.24) is 0 Å². The Balaban J connectivity index is 2.69. The third-order valence-electron chi connectivity index (χ3n) is 1.48. The van der Waals surface area contributed by atoms with Crippen molar-refractivity contribution in [2.24, 2.45) is 0 Å². The highest BCUT2D eigenvalue weighted by Gasteiger charge is 1.93. The van der Waals surface area contributed by atoms with E-state index in [-0.39, 0.29) is 0 Å². The Morgan fingerprint density at radius 2 is 2.09 bits per heavy atom. The highest BCUT2D eigenvalue weighted by molar-refractivity contribution is 5.28. The number of hydrogen-bond acceptors (Lipinski definition) is 1. The molecule has 0 bridgehead atoms. The lowest BCUT2D eigenvalue weighted by molar-refractivity contribution is 0.237. The Morgan fingerprint density at radius 1 is 1.36 bits per heavy atom. The summed E-state index contributed by atoms with van der Waals surface area (Å²) in [7, 11) is 0. The Labute approximate surface area is 67.3 Å². The molecule has 0 amide bonds. The van der Waals surface area contributed by atoms with E-state index in [1.807, 2.05) is 24.3 Å². The molecule has 0 spiro atoms. The molecule has 57 valence electrons. The maximum Gasteiger partial charge on any atom is 0.113 e. The second kappa shape index (κ2) is 3.81. The van der Waals surface area contributed by atoms with Gasteiger partial charge in [-0.1, -0.05) is 30.8 Å². The highest BCUT2D eigenvalue weighted by atomic mass is 16.5. The summed E-state index contributed by atoms with van der Waals surface area (Å²) < 4.78 is 5.02. The van der Waals surface area contributed by atoms with Crippen LogP contribution in [0, 0.1) is 6.92 Å². The maximum atomic E-state index is 5.02. The summed E-state index contributed by atoms with van der Waals surface area (Å²) >= 11 is 0. The topological polar surface area (TPSA) is 9.23 Å². The molecule has 1 radical (unpaired) electrons. The van der Waals surface area contributed by atoms with Crippen LogP contribution in [0.4, 0.5) is 0 Å². The number of ether oxygens (including phenoxy) is 1. The molecule has 0 fully saturated rings. The lowest BCUT2D eigenvalue weighted by atomic mass is 10.1. The van der Waals surface area contributed by atoms with E-state index < -0.39 is 0 Å². The largest absolute Gasteiger partial charge is 0.497 e. The van der Waals surface area contributed by atoms with Crippen LogP contribution in [0.3, 0.4) is 0 Å². The Kier molecular flexibility index (Phi) is 2.73. The van der Waals surface area contributed by atoms with Gasteiger partial charge in [-0.3, -0.25) is 0 Å². The van der Waals surface area contributed by atoms with E-state index in [4.69, 9.17) is 4.74 Å². The monoisotopic (exact) mass is 147 g/mol. The van der Waals surface area contributed by atoms with Crippen molar-refractivity contribution in [3.63, 3.8) is 0 Å². The average molecular weight is 147 g/mol. The molecule has 0 aliphatic rings. The Hall–Kier alpha value is -1.24. The molecule has 0 aromatic heterocycles. The van der Waals surface area contributed by atoms with Gasteiger partial charge in [0.1, 0.15) is 6.61 Å². The van der Waals surface area contributed by atoms with E-state index in [1.54, 1.807) is 0 Å². The van der Waals surface area contributed by atoms with Crippen LogP contribution in [0.15, 0.2) is 37.1 Å². The molecule has 0 aliphatic carbocycles. The summed E-state index contributed by atoms with van der Waals surface area (Å²) in [6.45, 7) is 7.88. The van der Waals surface area contributed by atoms with Gasteiger partial charge in [-0.25, -0.2) is 0 Å². The molecule has 0 unspecified atom stereocenters. The van der Waals surface area contributed by atoms with Gasteiger partial charge < -0.3 is 4.74 Å². The van der Waals surface area contributed by atoms with Crippen LogP contribution in [0.2, 0.25) is 0 Å². The van der Waals surface area contributed by atoms with Gasteiger partial charge in [-0.05, 0) is 18.1 Å². The van der Waals surface area contributed by atoms with Crippen molar-refractivity contribution in [1.29, 1.82) is 0 Å². The van der Waals surface area contributed by atoms with Crippen LogP contribution in [-0.2, 0) is 11.3 Å². The van der Waals surface area contributed by atoms with E-state index in [1.165, 1.54) is 6.26 Å². The van der Waals surface area contributed by atoms with Crippen LogP contribution in [0.1, 0.15) is 11.1 Å². The van der Waals surface area contributed by atoms with E-state index in [9.17, 15) is 0 Å². The molecule has 0 atom stereocenters. The van der Waals surface area contributed by atoms with E-state index in [0.29, 0.717) is 6.61 Å². The van der Waals surface area contributed by atoms with Crippen molar-refractivity contribution in [2.45, 2.75) is 6.61 Å². The zero-order chi connectivity index (χ0) is 8.10. The number of rotatable bonds is 3. The second-order valence-corrected chi connectivity index (χ2v) is 2.25. The lowest BCUT2D eigenvalue weighted by Crippen LogP contribution is -1.89. The van der Waals surface area contributed by atoms with Gasteiger partial charge in [-0.15, -0.1) is 0 Å². The van der Waals surface area contributed by atoms with Gasteiger partial charge >= 0.3 is 0 Å². The molecular weight excluding hydrogens is 136 g/mol. The predicted molar refractivity (Wildman–Crippen MR) is 45.9 cm³/mol. The summed E-state index contributed by atoms with van der Waals surface area (Å²) in [5.74, 6) is 0. The second-order valence-electron chi connectivity index (χ2n) is 2.25. The van der Waals surface area contributed by atoms with Crippen LogP contribution >= 0.6 is 0 Å². The molecule has 0 saturated heterocycles. The van der Waals surface area contributed by atoms with E-state index in [2.05, 4.69) is 13.5 Å². The van der Waals surface area contributed by atoms with Crippen molar-refractivity contribution in [2.75, 3.05) is 0 Å². The lowest BCUT2D eigenvalue weighted by Gasteiger charge is -2.03. The normalized spacial score (nSPS) is 9.18. The van der Waals surface area contributed by atoms with Crippen molar-refractivity contribution in [3.8, 4) is 0 Å². The summed E-state index contributed by atoms with van der Waals surface area (Å²) in [5, 5.41) is 0. The number of benzene rings is 1. The molecule has 11 heavy (non-hydrogen) atoms. The standard InChI is InChI=1S/C10H11O/c1-3-11-8-10-7-5-4-6-9(10)2/h3-7H,1-2,8H2. The quantitative estimate of drug-likeness (QED) is 0.597. The molecule has 1 aromatic rings. The van der Waals surface area contributed by atoms with Crippen LogP contribution < -0.4 is 0 Å². The Morgan fingerprint density at radius 3 is 2.73 bits per heavy atom. The molecule has 1 heteroatoms. The minimum Gasteiger partial charge on any atom is -0.497 e. The fourth-order valence-corrected chi connectivity index (χ4v) is 0.847. The summed E-state index contributed by atoms with van der Waals surface area (Å²) in [6.07, 6.45) is 1.44. The smallest absolute Gasteiger partial charge is 0.113 e. The van der Waals surface area contributed by atoms with Gasteiger partial charge in [0, 0.05) is 0 Å². The molecule has 1 rings (SSSR count). The fourth-order valence-electron chi connectivity index (χ4n) is 0.847. The zero-order valence-corrected chi connectivity index (χ0v) is 6.42. The fraction of sp³-hybridized carbons (Fsp3) is 0.100. The molecule has 0 heterocycles. The van der Waals surface area contributed by atoms with Gasteiger partial charge in [0.2, 0.25) is 0 Å². The average Bonchev–Trinajstić information content (AvgIpc) is 2.03. The minimum absolute atomic E-state index is 0.559. The first-order valence-electron chi connectivity index (χ1n) is 3.47. The van der Waals surface area contributed by atoms with Gasteiger partial charge in [0.15, 0.2) is 0 Å². The first kappa shape index (κ1) is 7.86. The minimum atomic E-state index is 0.559. The summed E-state index contributed by atoms with van der Waals surface area (Å²) in [5.41, 5.74) is 2.11. The first-order valence-corrected chi connectivity index (χ1v) is 3.47. The van der Waals surface area contributed by atoms with E-state index >= 15 is 0 Å². The predicted octanol–water partition coefficient (Wildman–Crippen LogP) is 2.53. The summed E-state index contributed by atoms with van der Waals surface area (Å²) in [6, 6.07) is 7.88. The van der Waals surface area contributed by atoms with Gasteiger partial charge in [0.05, 0.1) is 6.26 Å². The number of hydrogen-bond donors (Lipinski definition) is 0. The third kappa shape index (κ3) is 2.11. The SMILES string of the molecule is [CH2]c1ccccc1COC=C. The van der Waals surface area contributed by atoms with Gasteiger partial charge in [-0.2, -0.15) is 0 Å². The summed E-state index contributed by atoms with van der Waals surface area (Å²) in [4.78, 5) is 0. The van der Waals surface area contributed by atoms with Crippen LogP contribution in [0.5, 0.6) is 0 Å². The molecule has 0 saturated carbocycles. The molecule has 1 nitrogen and oxygen atoms in total. The van der Waals surface area contributed by atoms with Crippen molar-refractivity contribution < 1.29 is 4.74 Å². The van der Waals surface area contributed by atoms with Crippen molar-refractivity contribution in [3.05, 3.63) is 55.2 Å². The molecule has 0 aliphatic heterocycles. The molecule has 1 aromatic carbocycles. The van der Waals surface area contributed by atoms with Gasteiger partial charge in [0.25, 0.3) is 0 Å². The molecule has 0 N–H and O–H groups in total.